The largest absolute Gasteiger partial charge is 1.00 e. The van der Waals surface area contributed by atoms with Gasteiger partial charge in [-0.25, -0.2) is 4.58 Å². The fraction of sp³-hybridized carbons (Fsp3) is 0.955. The zero-order valence-corrected chi connectivity index (χ0v) is 20.8. The number of halogens is 1. The average molecular weight is 467 g/mol. The fourth-order valence-electron chi connectivity index (χ4n) is 3.51. The van der Waals surface area contributed by atoms with Gasteiger partial charge in [0.2, 0.25) is 0 Å². The molecule has 0 aliphatic carbocycles. The highest BCUT2D eigenvalue weighted by Crippen LogP contribution is 2.25. The molecule has 4 heteroatoms. The Balaban J connectivity index is 0.00000625. The van der Waals surface area contributed by atoms with Crippen molar-refractivity contribution < 1.29 is 21.6 Å². The third-order valence-corrected chi connectivity index (χ3v) is 8.09. The molecule has 1 rings (SSSR count). The van der Waals surface area contributed by atoms with Gasteiger partial charge < -0.3 is 17.0 Å². The Hall–Kier alpha value is 0.850. The summed E-state index contributed by atoms with van der Waals surface area (Å²) in [6.45, 7) is 3.56. The molecule has 26 heavy (non-hydrogen) atoms. The van der Waals surface area contributed by atoms with E-state index >= 15 is 0 Å². The maximum absolute atomic E-state index is 2.48. The van der Waals surface area contributed by atoms with Crippen molar-refractivity contribution in [2.75, 3.05) is 25.1 Å². The number of rotatable bonds is 17. The van der Waals surface area contributed by atoms with Crippen LogP contribution in [-0.2, 0) is 0 Å². The predicted molar refractivity (Wildman–Crippen MR) is 121 cm³/mol. The summed E-state index contributed by atoms with van der Waals surface area (Å²) in [5.41, 5.74) is 0. The van der Waals surface area contributed by atoms with E-state index in [9.17, 15) is 0 Å². The first-order valence-corrected chi connectivity index (χ1v) is 13.2. The van der Waals surface area contributed by atoms with E-state index < -0.39 is 0 Å². The first-order valence-electron chi connectivity index (χ1n) is 11.2. The Morgan fingerprint density at radius 3 is 1.35 bits per heavy atom. The van der Waals surface area contributed by atoms with Gasteiger partial charge in [-0.1, -0.05) is 96.8 Å². The minimum Gasteiger partial charge on any atom is -1.00 e. The molecule has 0 aromatic heterocycles. The molecular weight excluding hydrogens is 422 g/mol. The number of unbranched alkanes of at least 4 members (excludes halogenated alkanes) is 15. The highest BCUT2D eigenvalue weighted by Gasteiger charge is 2.18. The molecule has 0 atom stereocenters. The summed E-state index contributed by atoms with van der Waals surface area (Å²) in [4.78, 5) is 0. The molecule has 0 radical (unpaired) electrons. The predicted octanol–water partition coefficient (Wildman–Crippen LogP) is 4.73. The average Bonchev–Trinajstić information content (AvgIpc) is 3.16. The highest BCUT2D eigenvalue weighted by atomic mass is 79.9. The van der Waals surface area contributed by atoms with Crippen LogP contribution in [0.2, 0.25) is 0 Å². The van der Waals surface area contributed by atoms with Crippen LogP contribution < -0.4 is 17.0 Å². The topological polar surface area (TPSA) is 3.01 Å². The van der Waals surface area contributed by atoms with E-state index in [4.69, 9.17) is 0 Å². The van der Waals surface area contributed by atoms with E-state index in [1.54, 1.807) is 4.38 Å². The monoisotopic (exact) mass is 465 g/mol. The minimum atomic E-state index is 0. The van der Waals surface area contributed by atoms with Crippen molar-refractivity contribution >= 4 is 27.9 Å². The summed E-state index contributed by atoms with van der Waals surface area (Å²) in [6, 6.07) is 0. The Bertz CT molecular complexity index is 326. The summed E-state index contributed by atoms with van der Waals surface area (Å²) < 4.78 is 4.03. The molecule has 1 heterocycles. The lowest BCUT2D eigenvalue weighted by molar-refractivity contribution is -0.492. The van der Waals surface area contributed by atoms with Crippen molar-refractivity contribution in [2.24, 2.45) is 0 Å². The second-order valence-corrected chi connectivity index (χ2v) is 10.1. The molecule has 0 N–H and O–H groups in total. The Labute approximate surface area is 183 Å². The first-order chi connectivity index (χ1) is 12.3. The molecule has 0 saturated carbocycles. The third kappa shape index (κ3) is 15.9. The van der Waals surface area contributed by atoms with E-state index in [0.29, 0.717) is 0 Å². The van der Waals surface area contributed by atoms with Gasteiger partial charge >= 0.3 is 0 Å². The van der Waals surface area contributed by atoms with Crippen LogP contribution >= 0.6 is 23.5 Å². The number of nitrogens with zero attached hydrogens (tertiary/aromatic N) is 1. The van der Waals surface area contributed by atoms with Crippen molar-refractivity contribution in [1.29, 1.82) is 0 Å². The maximum Gasteiger partial charge on any atom is 0.269 e. The lowest BCUT2D eigenvalue weighted by atomic mass is 10.0. The van der Waals surface area contributed by atoms with Gasteiger partial charge in [0.05, 0.1) is 0 Å². The van der Waals surface area contributed by atoms with Crippen LogP contribution in [-0.4, -0.2) is 34.0 Å². The Morgan fingerprint density at radius 2 is 0.962 bits per heavy atom. The molecule has 0 aromatic rings. The van der Waals surface area contributed by atoms with Crippen molar-refractivity contribution in [1.82, 2.24) is 0 Å². The van der Waals surface area contributed by atoms with Crippen LogP contribution in [0.1, 0.15) is 110 Å². The van der Waals surface area contributed by atoms with Crippen molar-refractivity contribution in [3.05, 3.63) is 0 Å². The summed E-state index contributed by atoms with van der Waals surface area (Å²) in [7, 11) is 2.27. The quantitative estimate of drug-likeness (QED) is 0.225. The summed E-state index contributed by atoms with van der Waals surface area (Å²) >= 11 is 4.09. The molecule has 1 nitrogen and oxygen atoms in total. The second-order valence-electron chi connectivity index (χ2n) is 7.69. The van der Waals surface area contributed by atoms with Gasteiger partial charge in [-0.15, -0.1) is 0 Å². The van der Waals surface area contributed by atoms with Gasteiger partial charge in [0.15, 0.2) is 0 Å². The third-order valence-electron chi connectivity index (χ3n) is 5.19. The van der Waals surface area contributed by atoms with E-state index in [1.807, 2.05) is 23.5 Å². The standard InChI is InChI=1S/C22H44NS2.BrH/c1-3-4-5-6-7-8-9-10-11-12-13-14-15-16-17-18-19-23(2)22-24-20-21-25-22;/h3-21H2,1-2H3;1H/q+1;/p-1. The first kappa shape index (κ1) is 26.9. The molecule has 0 spiro atoms. The van der Waals surface area contributed by atoms with Crippen LogP contribution in [0.5, 0.6) is 0 Å². The zero-order chi connectivity index (χ0) is 18.0. The van der Waals surface area contributed by atoms with Gasteiger partial charge in [-0.2, -0.15) is 0 Å². The minimum absolute atomic E-state index is 0. The lowest BCUT2D eigenvalue weighted by Gasteiger charge is -2.03. The van der Waals surface area contributed by atoms with Gasteiger partial charge in [-0.05, 0) is 29.9 Å². The summed E-state index contributed by atoms with van der Waals surface area (Å²) in [6.07, 6.45) is 23.3. The molecular formula is C22H44BrNS2. The van der Waals surface area contributed by atoms with Crippen LogP contribution in [0.4, 0.5) is 0 Å². The van der Waals surface area contributed by atoms with Crippen LogP contribution in [0.15, 0.2) is 0 Å². The van der Waals surface area contributed by atoms with Crippen LogP contribution in [0, 0.1) is 0 Å². The van der Waals surface area contributed by atoms with E-state index in [2.05, 4.69) is 18.5 Å². The Morgan fingerprint density at radius 1 is 0.615 bits per heavy atom. The Kier molecular flexibility index (Phi) is 21.3. The zero-order valence-electron chi connectivity index (χ0n) is 17.6. The highest BCUT2D eigenvalue weighted by molar-refractivity contribution is 8.41. The fourth-order valence-corrected chi connectivity index (χ4v) is 5.98. The van der Waals surface area contributed by atoms with Gasteiger partial charge in [-0.3, -0.25) is 0 Å². The van der Waals surface area contributed by atoms with E-state index in [-0.39, 0.29) is 17.0 Å². The van der Waals surface area contributed by atoms with Crippen LogP contribution in [0.3, 0.4) is 0 Å². The van der Waals surface area contributed by atoms with E-state index in [0.717, 1.165) is 0 Å². The second kappa shape index (κ2) is 20.6. The number of hydrogen-bond acceptors (Lipinski definition) is 2. The van der Waals surface area contributed by atoms with Gasteiger partial charge in [0, 0.05) is 17.9 Å². The molecule has 1 aliphatic rings. The van der Waals surface area contributed by atoms with Crippen LogP contribution in [0.25, 0.3) is 0 Å². The molecule has 1 aliphatic heterocycles. The van der Waals surface area contributed by atoms with Crippen molar-refractivity contribution in [3.8, 4) is 0 Å². The molecule has 1 fully saturated rings. The van der Waals surface area contributed by atoms with Gasteiger partial charge in [0.25, 0.3) is 4.38 Å². The SMILES string of the molecule is CCCCCCCCCCCCCCCCCC[N+](C)=C1SCCS1.[Br-]. The molecule has 0 aromatic carbocycles. The normalized spacial score (nSPS) is 13.8. The smallest absolute Gasteiger partial charge is 0.269 e. The molecule has 0 amide bonds. The number of hydrogen-bond donors (Lipinski definition) is 0. The van der Waals surface area contributed by atoms with Gasteiger partial charge in [0.1, 0.15) is 13.6 Å². The summed E-state index contributed by atoms with van der Waals surface area (Å²) in [5, 5.41) is 0. The number of thioether (sulfide) groups is 2. The summed E-state index contributed by atoms with van der Waals surface area (Å²) in [5.74, 6) is 2.62. The van der Waals surface area contributed by atoms with Crippen molar-refractivity contribution in [3.63, 3.8) is 0 Å². The van der Waals surface area contributed by atoms with E-state index in [1.165, 1.54) is 121 Å². The maximum atomic E-state index is 2.48. The molecule has 1 saturated heterocycles. The molecule has 0 unspecified atom stereocenters. The lowest BCUT2D eigenvalue weighted by Crippen LogP contribution is -3.00. The van der Waals surface area contributed by atoms with Crippen molar-refractivity contribution in [2.45, 2.75) is 110 Å². The molecule has 156 valence electrons. The molecule has 0 bridgehead atoms.